The van der Waals surface area contributed by atoms with Crippen molar-refractivity contribution in [3.8, 4) is 5.75 Å². The minimum absolute atomic E-state index is 0.141. The summed E-state index contributed by atoms with van der Waals surface area (Å²) < 4.78 is 4.51. The zero-order valence-corrected chi connectivity index (χ0v) is 8.70. The van der Waals surface area contributed by atoms with Gasteiger partial charge in [-0.3, -0.25) is 4.79 Å². The van der Waals surface area contributed by atoms with Crippen molar-refractivity contribution in [3.63, 3.8) is 0 Å². The van der Waals surface area contributed by atoms with E-state index in [2.05, 4.69) is 14.8 Å². The summed E-state index contributed by atoms with van der Waals surface area (Å²) in [6.07, 6.45) is 0.247. The number of esters is 1. The average Bonchev–Trinajstić information content (AvgIpc) is 2.30. The van der Waals surface area contributed by atoms with E-state index < -0.39 is 12.0 Å². The van der Waals surface area contributed by atoms with Crippen molar-refractivity contribution < 1.29 is 14.6 Å². The normalized spacial score (nSPS) is 11.3. The predicted molar refractivity (Wildman–Crippen MR) is 56.8 cm³/mol. The third kappa shape index (κ3) is 3.18. The summed E-state index contributed by atoms with van der Waals surface area (Å²) in [5.41, 5.74) is 9.09. The summed E-state index contributed by atoms with van der Waals surface area (Å²) in [6.45, 7) is 0. The number of hydrogen-bond acceptors (Lipinski definition) is 4. The van der Waals surface area contributed by atoms with Gasteiger partial charge in [0.2, 0.25) is 0 Å². The number of phenolic OH excluding ortho intramolecular Hbond substituents is 1. The first-order chi connectivity index (χ1) is 7.67. The second-order valence-electron chi connectivity index (χ2n) is 3.11. The van der Waals surface area contributed by atoms with Gasteiger partial charge in [-0.2, -0.15) is 0 Å². The van der Waals surface area contributed by atoms with Crippen LogP contribution in [0.5, 0.6) is 5.75 Å². The van der Waals surface area contributed by atoms with Gasteiger partial charge >= 0.3 is 5.97 Å². The van der Waals surface area contributed by atoms with Crippen LogP contribution in [0.4, 0.5) is 0 Å². The van der Waals surface area contributed by atoms with E-state index in [9.17, 15) is 4.79 Å². The molecule has 0 amide bonds. The van der Waals surface area contributed by atoms with Crippen molar-refractivity contribution in [2.75, 3.05) is 7.11 Å². The van der Waals surface area contributed by atoms with Gasteiger partial charge in [-0.1, -0.05) is 17.2 Å². The van der Waals surface area contributed by atoms with Gasteiger partial charge in [0.25, 0.3) is 0 Å². The van der Waals surface area contributed by atoms with Crippen molar-refractivity contribution in [1.82, 2.24) is 0 Å². The highest BCUT2D eigenvalue weighted by Crippen LogP contribution is 2.13. The van der Waals surface area contributed by atoms with Gasteiger partial charge in [0, 0.05) is 4.91 Å². The second-order valence-corrected chi connectivity index (χ2v) is 3.11. The van der Waals surface area contributed by atoms with Crippen LogP contribution in [0.2, 0.25) is 0 Å². The Kier molecular flexibility index (Phi) is 4.17. The van der Waals surface area contributed by atoms with Crippen molar-refractivity contribution in [1.29, 1.82) is 0 Å². The standard InChI is InChI=1S/C10H11N3O3/c1-16-10(15)9(12-13-11)6-7-2-4-8(14)5-3-7/h2-5,9,14H,6H2,1H3/t9-/m1/s1. The highest BCUT2D eigenvalue weighted by molar-refractivity contribution is 5.76. The first-order valence-electron chi connectivity index (χ1n) is 4.57. The maximum Gasteiger partial charge on any atom is 0.314 e. The third-order valence-corrected chi connectivity index (χ3v) is 2.03. The maximum absolute atomic E-state index is 11.2. The minimum Gasteiger partial charge on any atom is -0.508 e. The van der Waals surface area contributed by atoms with Crippen LogP contribution >= 0.6 is 0 Å². The average molecular weight is 221 g/mol. The van der Waals surface area contributed by atoms with Crippen LogP contribution in [0.25, 0.3) is 10.4 Å². The summed E-state index contributed by atoms with van der Waals surface area (Å²) >= 11 is 0. The molecule has 0 radical (unpaired) electrons. The molecule has 1 aromatic rings. The Balaban J connectivity index is 2.79. The zero-order valence-electron chi connectivity index (χ0n) is 8.70. The molecule has 0 aliphatic carbocycles. The number of carbonyl (C=O) groups is 1. The number of aromatic hydroxyl groups is 1. The zero-order chi connectivity index (χ0) is 12.0. The van der Waals surface area contributed by atoms with E-state index in [-0.39, 0.29) is 12.2 Å². The molecule has 16 heavy (non-hydrogen) atoms. The molecule has 0 saturated carbocycles. The fourth-order valence-electron chi connectivity index (χ4n) is 1.22. The Bertz CT molecular complexity index is 410. The molecule has 6 heteroatoms. The van der Waals surface area contributed by atoms with E-state index in [1.807, 2.05) is 0 Å². The molecule has 0 aliphatic rings. The first-order valence-corrected chi connectivity index (χ1v) is 4.57. The lowest BCUT2D eigenvalue weighted by Gasteiger charge is -2.08. The van der Waals surface area contributed by atoms with Gasteiger partial charge in [0.05, 0.1) is 7.11 Å². The largest absolute Gasteiger partial charge is 0.508 e. The maximum atomic E-state index is 11.2. The lowest BCUT2D eigenvalue weighted by Crippen LogP contribution is -2.22. The quantitative estimate of drug-likeness (QED) is 0.363. The lowest BCUT2D eigenvalue weighted by atomic mass is 10.1. The van der Waals surface area contributed by atoms with Crippen molar-refractivity contribution in [2.45, 2.75) is 12.5 Å². The third-order valence-electron chi connectivity index (χ3n) is 2.03. The number of hydrogen-bond donors (Lipinski definition) is 1. The Morgan fingerprint density at radius 1 is 1.56 bits per heavy atom. The Labute approximate surface area is 92.1 Å². The van der Waals surface area contributed by atoms with E-state index in [4.69, 9.17) is 10.6 Å². The number of ether oxygens (including phenoxy) is 1. The fraction of sp³-hybridized carbons (Fsp3) is 0.300. The molecular weight excluding hydrogens is 210 g/mol. The molecule has 6 nitrogen and oxygen atoms in total. The summed E-state index contributed by atoms with van der Waals surface area (Å²) in [5.74, 6) is -0.437. The summed E-state index contributed by atoms with van der Waals surface area (Å²) in [5, 5.41) is 12.4. The Morgan fingerprint density at radius 3 is 2.69 bits per heavy atom. The van der Waals surface area contributed by atoms with E-state index in [0.29, 0.717) is 0 Å². The van der Waals surface area contributed by atoms with Crippen molar-refractivity contribution in [2.24, 2.45) is 5.11 Å². The highest BCUT2D eigenvalue weighted by atomic mass is 16.5. The fourth-order valence-corrected chi connectivity index (χ4v) is 1.22. The molecule has 0 aromatic heterocycles. The van der Waals surface area contributed by atoms with Crippen LogP contribution < -0.4 is 0 Å². The molecule has 1 atom stereocenters. The molecule has 0 bridgehead atoms. The topological polar surface area (TPSA) is 95.3 Å². The van der Waals surface area contributed by atoms with Crippen LogP contribution in [0, 0.1) is 0 Å². The van der Waals surface area contributed by atoms with E-state index in [0.717, 1.165) is 5.56 Å². The van der Waals surface area contributed by atoms with Crippen LogP contribution in [0.1, 0.15) is 5.56 Å². The highest BCUT2D eigenvalue weighted by Gasteiger charge is 2.17. The van der Waals surface area contributed by atoms with E-state index in [1.165, 1.54) is 19.2 Å². The van der Waals surface area contributed by atoms with Gasteiger partial charge in [-0.25, -0.2) is 0 Å². The first kappa shape index (κ1) is 11.9. The van der Waals surface area contributed by atoms with Gasteiger partial charge < -0.3 is 9.84 Å². The molecule has 1 rings (SSSR count). The molecule has 1 N–H and O–H groups in total. The molecule has 1 aromatic carbocycles. The number of benzene rings is 1. The van der Waals surface area contributed by atoms with Gasteiger partial charge in [-0.05, 0) is 29.6 Å². The van der Waals surface area contributed by atoms with Crippen molar-refractivity contribution in [3.05, 3.63) is 40.3 Å². The molecule has 0 heterocycles. The molecule has 0 unspecified atom stereocenters. The Hall–Kier alpha value is -2.20. The molecular formula is C10H11N3O3. The number of phenols is 1. The summed E-state index contributed by atoms with van der Waals surface area (Å²) in [4.78, 5) is 13.8. The number of rotatable bonds is 4. The van der Waals surface area contributed by atoms with Crippen LogP contribution in [0.15, 0.2) is 29.4 Å². The van der Waals surface area contributed by atoms with Crippen LogP contribution in [-0.4, -0.2) is 24.2 Å². The summed E-state index contributed by atoms with van der Waals surface area (Å²) in [6, 6.07) is 5.43. The lowest BCUT2D eigenvalue weighted by molar-refractivity contribution is -0.142. The monoisotopic (exact) mass is 221 g/mol. The summed E-state index contributed by atoms with van der Waals surface area (Å²) in [7, 11) is 1.24. The molecule has 0 spiro atoms. The van der Waals surface area contributed by atoms with Crippen molar-refractivity contribution >= 4 is 5.97 Å². The minimum atomic E-state index is -0.875. The van der Waals surface area contributed by atoms with Gasteiger partial charge in [0.15, 0.2) is 0 Å². The van der Waals surface area contributed by atoms with E-state index in [1.54, 1.807) is 12.1 Å². The number of methoxy groups -OCH3 is 1. The van der Waals surface area contributed by atoms with Crippen LogP contribution in [-0.2, 0) is 16.0 Å². The smallest absolute Gasteiger partial charge is 0.314 e. The second kappa shape index (κ2) is 5.63. The number of carbonyl (C=O) groups excluding carboxylic acids is 1. The predicted octanol–water partition coefficient (Wildman–Crippen LogP) is 1.79. The molecule has 84 valence electrons. The SMILES string of the molecule is COC(=O)[C@@H](Cc1ccc(O)cc1)N=[N+]=[N-]. The van der Waals surface area contributed by atoms with E-state index >= 15 is 0 Å². The molecule has 0 saturated heterocycles. The number of nitrogens with zero attached hydrogens (tertiary/aromatic N) is 3. The van der Waals surface area contributed by atoms with Gasteiger partial charge in [0.1, 0.15) is 11.8 Å². The number of azide groups is 1. The molecule has 0 aliphatic heterocycles. The Morgan fingerprint density at radius 2 is 2.19 bits per heavy atom. The molecule has 0 fully saturated rings. The van der Waals surface area contributed by atoms with Gasteiger partial charge in [-0.15, -0.1) is 0 Å². The van der Waals surface area contributed by atoms with Crippen LogP contribution in [0.3, 0.4) is 0 Å².